The number of allylic oxidation sites excluding steroid dienone is 4. The lowest BCUT2D eigenvalue weighted by Gasteiger charge is -2.16. The van der Waals surface area contributed by atoms with Crippen LogP contribution in [-0.2, 0) is 16.4 Å². The number of sulfonamides is 1. The molecule has 0 saturated heterocycles. The van der Waals surface area contributed by atoms with Gasteiger partial charge in [0.15, 0.2) is 0 Å². The van der Waals surface area contributed by atoms with Crippen molar-refractivity contribution in [1.82, 2.24) is 4.98 Å². The summed E-state index contributed by atoms with van der Waals surface area (Å²) in [5, 5.41) is 13.2. The fourth-order valence-corrected chi connectivity index (χ4v) is 4.10. The summed E-state index contributed by atoms with van der Waals surface area (Å²) in [5.74, 6) is 0.783. The van der Waals surface area contributed by atoms with Gasteiger partial charge in [0.2, 0.25) is 0 Å². The normalized spacial score (nSPS) is 18.2. The molecule has 0 radical (unpaired) electrons. The van der Waals surface area contributed by atoms with Gasteiger partial charge in [-0.15, -0.1) is 0 Å². The smallest absolute Gasteiger partial charge is 0.261 e. The number of nitrogens with one attached hydrogen (secondary N) is 1. The van der Waals surface area contributed by atoms with Crippen molar-refractivity contribution in [2.75, 3.05) is 11.3 Å². The second-order valence-electron chi connectivity index (χ2n) is 6.43. The first-order valence-corrected chi connectivity index (χ1v) is 10.1. The van der Waals surface area contributed by atoms with Crippen LogP contribution in [0.25, 0.3) is 10.9 Å². The Morgan fingerprint density at radius 2 is 2.00 bits per heavy atom. The molecule has 1 atom stereocenters. The molecule has 1 aliphatic heterocycles. The monoisotopic (exact) mass is 377 g/mol. The lowest BCUT2D eigenvalue weighted by Crippen LogP contribution is -2.14. The van der Waals surface area contributed by atoms with Crippen molar-refractivity contribution in [1.29, 1.82) is 5.26 Å². The fourth-order valence-electron chi connectivity index (χ4n) is 3.10. The molecule has 136 valence electrons. The predicted octanol–water partition coefficient (Wildman–Crippen LogP) is 3.93. The van der Waals surface area contributed by atoms with E-state index in [1.807, 2.05) is 24.3 Å². The van der Waals surface area contributed by atoms with Crippen LogP contribution in [0.5, 0.6) is 0 Å². The van der Waals surface area contributed by atoms with Crippen molar-refractivity contribution in [2.45, 2.75) is 17.7 Å². The zero-order valence-corrected chi connectivity index (χ0v) is 15.3. The number of anilines is 1. The van der Waals surface area contributed by atoms with E-state index >= 15 is 0 Å². The molecule has 4 rings (SSSR count). The Kier molecular flexibility index (Phi) is 4.42. The Labute approximate surface area is 158 Å². The van der Waals surface area contributed by atoms with E-state index in [1.165, 1.54) is 0 Å². The third-order valence-electron chi connectivity index (χ3n) is 4.60. The third-order valence-corrected chi connectivity index (χ3v) is 5.97. The van der Waals surface area contributed by atoms with E-state index < -0.39 is 10.0 Å². The highest BCUT2D eigenvalue weighted by atomic mass is 32.2. The highest BCUT2D eigenvalue weighted by Gasteiger charge is 2.15. The van der Waals surface area contributed by atoms with Crippen LogP contribution in [0, 0.1) is 17.2 Å². The third kappa shape index (κ3) is 3.57. The van der Waals surface area contributed by atoms with Gasteiger partial charge in [0.25, 0.3) is 10.0 Å². The minimum Gasteiger partial charge on any atom is -0.465 e. The SMILES string of the molecule is N#CC1C=CC(c2ccc(S(=O)(=O)Nc3ccc4c(n3)[N-]CC4)cc2)=CC1. The second-order valence-corrected chi connectivity index (χ2v) is 8.11. The molecule has 1 aromatic heterocycles. The summed E-state index contributed by atoms with van der Waals surface area (Å²) in [6.45, 7) is 0.694. The van der Waals surface area contributed by atoms with Crippen LogP contribution in [0.15, 0.2) is 59.5 Å². The predicted molar refractivity (Wildman–Crippen MR) is 104 cm³/mol. The van der Waals surface area contributed by atoms with Gasteiger partial charge in [-0.3, -0.25) is 4.72 Å². The first kappa shape index (κ1) is 17.3. The number of fused-ring (bicyclic) bond motifs is 1. The largest absolute Gasteiger partial charge is 0.465 e. The maximum Gasteiger partial charge on any atom is 0.261 e. The van der Waals surface area contributed by atoms with Crippen LogP contribution in [-0.4, -0.2) is 19.9 Å². The summed E-state index contributed by atoms with van der Waals surface area (Å²) in [4.78, 5) is 4.44. The summed E-state index contributed by atoms with van der Waals surface area (Å²) in [5.41, 5.74) is 2.94. The Hall–Kier alpha value is -3.11. The van der Waals surface area contributed by atoms with E-state index in [1.54, 1.807) is 30.3 Å². The summed E-state index contributed by atoms with van der Waals surface area (Å²) in [6.07, 6.45) is 7.27. The molecule has 2 aromatic rings. The maximum atomic E-state index is 12.6. The standard InChI is InChI=1S/C20H17N4O2S/c21-13-14-1-3-15(4-2-14)16-5-8-18(9-6-16)27(25,26)24-19-10-7-17-11-12-22-20(17)23-19/h1,3-10,14H,2,11-12H2,(H-,22,23,24)/q-1. The van der Waals surface area contributed by atoms with Gasteiger partial charge in [0.05, 0.1) is 16.9 Å². The van der Waals surface area contributed by atoms with Gasteiger partial charge >= 0.3 is 0 Å². The second kappa shape index (κ2) is 6.89. The van der Waals surface area contributed by atoms with Gasteiger partial charge in [-0.1, -0.05) is 42.2 Å². The fraction of sp³-hybridized carbons (Fsp3) is 0.200. The Morgan fingerprint density at radius 1 is 1.19 bits per heavy atom. The van der Waals surface area contributed by atoms with Crippen molar-refractivity contribution in [3.05, 3.63) is 71.1 Å². The summed E-state index contributed by atoms with van der Waals surface area (Å²) in [7, 11) is -3.73. The van der Waals surface area contributed by atoms with E-state index in [9.17, 15) is 8.42 Å². The van der Waals surface area contributed by atoms with Crippen molar-refractivity contribution in [3.8, 4) is 6.07 Å². The van der Waals surface area contributed by atoms with Crippen LogP contribution in [0.1, 0.15) is 17.5 Å². The molecule has 1 unspecified atom stereocenters. The van der Waals surface area contributed by atoms with Crippen LogP contribution < -0.4 is 4.72 Å². The lowest BCUT2D eigenvalue weighted by atomic mass is 9.94. The number of hydrogen-bond acceptors (Lipinski definition) is 4. The van der Waals surface area contributed by atoms with Gasteiger partial charge in [0.1, 0.15) is 0 Å². The van der Waals surface area contributed by atoms with E-state index in [4.69, 9.17) is 5.26 Å². The number of rotatable bonds is 4. The number of aromatic nitrogens is 1. The van der Waals surface area contributed by atoms with E-state index in [0.29, 0.717) is 18.8 Å². The zero-order valence-electron chi connectivity index (χ0n) is 14.5. The minimum atomic E-state index is -3.73. The van der Waals surface area contributed by atoms with Crippen molar-refractivity contribution in [3.63, 3.8) is 0 Å². The molecule has 1 N–H and O–H groups in total. The zero-order chi connectivity index (χ0) is 18.9. The molecular weight excluding hydrogens is 360 g/mol. The average Bonchev–Trinajstić information content (AvgIpc) is 3.16. The van der Waals surface area contributed by atoms with Crippen LogP contribution in [0.4, 0.5) is 11.6 Å². The van der Waals surface area contributed by atoms with E-state index in [-0.39, 0.29) is 16.6 Å². The average molecular weight is 377 g/mol. The van der Waals surface area contributed by atoms with E-state index in [0.717, 1.165) is 23.1 Å². The molecule has 2 aliphatic rings. The lowest BCUT2D eigenvalue weighted by molar-refractivity contribution is 0.601. The first-order chi connectivity index (χ1) is 13.0. The molecule has 0 amide bonds. The highest BCUT2D eigenvalue weighted by molar-refractivity contribution is 7.92. The quantitative estimate of drug-likeness (QED) is 0.873. The number of hydrogen-bond donors (Lipinski definition) is 1. The van der Waals surface area contributed by atoms with Crippen LogP contribution in [0.2, 0.25) is 0 Å². The highest BCUT2D eigenvalue weighted by Crippen LogP contribution is 2.31. The Morgan fingerprint density at radius 3 is 2.70 bits per heavy atom. The molecule has 2 heterocycles. The molecule has 6 nitrogen and oxygen atoms in total. The van der Waals surface area contributed by atoms with Gasteiger partial charge in [-0.2, -0.15) is 5.26 Å². The number of nitrogens with zero attached hydrogens (tertiary/aromatic N) is 3. The molecule has 27 heavy (non-hydrogen) atoms. The van der Waals surface area contributed by atoms with Gasteiger partial charge < -0.3 is 10.3 Å². The van der Waals surface area contributed by atoms with Crippen molar-refractivity contribution < 1.29 is 8.42 Å². The number of benzene rings is 1. The molecule has 0 spiro atoms. The maximum absolute atomic E-state index is 12.6. The minimum absolute atomic E-state index is 0.0934. The molecule has 7 heteroatoms. The molecule has 0 bridgehead atoms. The van der Waals surface area contributed by atoms with Gasteiger partial charge in [-0.05, 0) is 54.3 Å². The number of pyridine rings is 1. The number of nitriles is 1. The van der Waals surface area contributed by atoms with Gasteiger partial charge in [0, 0.05) is 5.82 Å². The summed E-state index contributed by atoms with van der Waals surface area (Å²) >= 11 is 0. The summed E-state index contributed by atoms with van der Waals surface area (Å²) < 4.78 is 27.8. The molecule has 0 fully saturated rings. The molecular formula is C20H17N4O2S-. The Bertz CT molecular complexity index is 1080. The van der Waals surface area contributed by atoms with Gasteiger partial charge in [-0.25, -0.2) is 8.42 Å². The van der Waals surface area contributed by atoms with Crippen molar-refractivity contribution >= 4 is 27.2 Å². The summed E-state index contributed by atoms with van der Waals surface area (Å²) in [6, 6.07) is 12.4. The van der Waals surface area contributed by atoms with Crippen LogP contribution >= 0.6 is 0 Å². The topological polar surface area (TPSA) is 96.9 Å². The molecule has 1 aliphatic carbocycles. The van der Waals surface area contributed by atoms with Crippen molar-refractivity contribution in [2.24, 2.45) is 5.92 Å². The molecule has 0 saturated carbocycles. The first-order valence-electron chi connectivity index (χ1n) is 8.64. The molecule has 1 aromatic carbocycles. The Balaban J connectivity index is 1.52. The van der Waals surface area contributed by atoms with Crippen LogP contribution in [0.3, 0.4) is 0 Å². The van der Waals surface area contributed by atoms with E-state index in [2.05, 4.69) is 21.1 Å².